The van der Waals surface area contributed by atoms with Gasteiger partial charge in [0, 0.05) is 5.69 Å². The van der Waals surface area contributed by atoms with Crippen LogP contribution in [0.2, 0.25) is 0 Å². The Bertz CT molecular complexity index is 425. The smallest absolute Gasteiger partial charge is 0.405 e. The molecular weight excluding hydrogens is 323 g/mol. The number of alkyl halides is 3. The summed E-state index contributed by atoms with van der Waals surface area (Å²) in [6, 6.07) is 3.71. The minimum absolute atomic E-state index is 0.0155. The van der Waals surface area contributed by atoms with Gasteiger partial charge in [-0.2, -0.15) is 12.6 Å². The Morgan fingerprint density at radius 1 is 1.47 bits per heavy atom. The summed E-state index contributed by atoms with van der Waals surface area (Å²) in [6.07, 6.45) is -4.75. The number of hydrogen-bond donors (Lipinski definition) is 2. The van der Waals surface area contributed by atoms with Crippen LogP contribution < -0.4 is 10.1 Å². The summed E-state index contributed by atoms with van der Waals surface area (Å²) >= 11 is 6.67. The molecule has 0 saturated carbocycles. The number of halogens is 4. The molecule has 0 aliphatic heterocycles. The van der Waals surface area contributed by atoms with Crippen molar-refractivity contribution >= 4 is 40.2 Å². The first-order chi connectivity index (χ1) is 7.81. The van der Waals surface area contributed by atoms with Gasteiger partial charge in [-0.1, -0.05) is 0 Å². The predicted molar refractivity (Wildman–Crippen MR) is 63.3 cm³/mol. The van der Waals surface area contributed by atoms with Gasteiger partial charge in [0.2, 0.25) is 5.91 Å². The van der Waals surface area contributed by atoms with Crippen molar-refractivity contribution in [1.29, 1.82) is 0 Å². The van der Waals surface area contributed by atoms with E-state index in [1.165, 1.54) is 12.1 Å². The second-order valence-corrected chi connectivity index (χ2v) is 4.07. The molecule has 1 amide bonds. The molecule has 0 unspecified atom stereocenters. The van der Waals surface area contributed by atoms with Gasteiger partial charge in [-0.05, 0) is 34.1 Å². The molecule has 1 rings (SSSR count). The maximum Gasteiger partial charge on any atom is 0.573 e. The van der Waals surface area contributed by atoms with Gasteiger partial charge >= 0.3 is 6.36 Å². The second kappa shape index (κ2) is 5.63. The Morgan fingerprint density at radius 3 is 2.59 bits per heavy atom. The highest BCUT2D eigenvalue weighted by atomic mass is 79.9. The highest BCUT2D eigenvalue weighted by molar-refractivity contribution is 9.10. The highest BCUT2D eigenvalue weighted by Crippen LogP contribution is 2.32. The number of carbonyl (C=O) groups is 1. The molecule has 94 valence electrons. The van der Waals surface area contributed by atoms with E-state index in [1.807, 2.05) is 0 Å². The summed E-state index contributed by atoms with van der Waals surface area (Å²) < 4.78 is 39.7. The average molecular weight is 330 g/mol. The predicted octanol–water partition coefficient (Wildman–Crippen LogP) is 3.22. The standard InChI is InChI=1S/C9H7BrF3NO2S/c10-6-3-5(14-8(15)4-17)1-2-7(6)16-9(11,12)13/h1-3,17H,4H2,(H,14,15). The van der Waals surface area contributed by atoms with Gasteiger partial charge in [-0.3, -0.25) is 4.79 Å². The van der Waals surface area contributed by atoms with Gasteiger partial charge in [0.15, 0.2) is 0 Å². The topological polar surface area (TPSA) is 38.3 Å². The summed E-state index contributed by atoms with van der Waals surface area (Å²) in [5.74, 6) is -0.746. The molecule has 0 atom stereocenters. The molecule has 8 heteroatoms. The summed E-state index contributed by atoms with van der Waals surface area (Å²) in [5, 5.41) is 2.44. The van der Waals surface area contributed by atoms with Crippen molar-refractivity contribution in [3.63, 3.8) is 0 Å². The maximum absolute atomic E-state index is 12.0. The van der Waals surface area contributed by atoms with E-state index in [1.54, 1.807) is 0 Å². The monoisotopic (exact) mass is 329 g/mol. The van der Waals surface area contributed by atoms with E-state index < -0.39 is 6.36 Å². The van der Waals surface area contributed by atoms with Gasteiger partial charge < -0.3 is 10.1 Å². The van der Waals surface area contributed by atoms with Crippen molar-refractivity contribution in [2.45, 2.75) is 6.36 Å². The van der Waals surface area contributed by atoms with Crippen molar-refractivity contribution in [3.05, 3.63) is 22.7 Å². The van der Waals surface area contributed by atoms with E-state index in [0.29, 0.717) is 5.69 Å². The molecule has 0 aliphatic rings. The Labute approximate surface area is 109 Å². The van der Waals surface area contributed by atoms with Gasteiger partial charge in [0.1, 0.15) is 5.75 Å². The first-order valence-electron chi connectivity index (χ1n) is 4.28. The normalized spacial score (nSPS) is 11.1. The van der Waals surface area contributed by atoms with Crippen LogP contribution in [0.3, 0.4) is 0 Å². The lowest BCUT2D eigenvalue weighted by Gasteiger charge is -2.11. The van der Waals surface area contributed by atoms with Crippen LogP contribution in [0.5, 0.6) is 5.75 Å². The van der Waals surface area contributed by atoms with Crippen molar-refractivity contribution in [2.75, 3.05) is 11.1 Å². The fourth-order valence-electron chi connectivity index (χ4n) is 0.987. The Balaban J connectivity index is 2.83. The van der Waals surface area contributed by atoms with Crippen molar-refractivity contribution in [2.24, 2.45) is 0 Å². The molecule has 1 aromatic rings. The van der Waals surface area contributed by atoms with Crippen LogP contribution in [0.25, 0.3) is 0 Å². The number of anilines is 1. The number of benzene rings is 1. The molecule has 0 spiro atoms. The van der Waals surface area contributed by atoms with Gasteiger partial charge in [0.05, 0.1) is 10.2 Å². The largest absolute Gasteiger partial charge is 0.573 e. The van der Waals surface area contributed by atoms with Crippen LogP contribution in [0, 0.1) is 0 Å². The first-order valence-corrected chi connectivity index (χ1v) is 5.70. The number of carbonyl (C=O) groups excluding carboxylic acids is 1. The molecule has 0 bridgehead atoms. The third-order valence-corrected chi connectivity index (χ3v) is 2.49. The number of thiol groups is 1. The molecule has 17 heavy (non-hydrogen) atoms. The molecule has 0 radical (unpaired) electrons. The number of amides is 1. The van der Waals surface area contributed by atoms with Crippen LogP contribution >= 0.6 is 28.6 Å². The van der Waals surface area contributed by atoms with E-state index in [9.17, 15) is 18.0 Å². The van der Waals surface area contributed by atoms with Gasteiger partial charge in [-0.25, -0.2) is 0 Å². The molecule has 3 nitrogen and oxygen atoms in total. The van der Waals surface area contributed by atoms with E-state index in [0.717, 1.165) is 6.07 Å². The molecule has 1 N–H and O–H groups in total. The maximum atomic E-state index is 12.0. The van der Waals surface area contributed by atoms with E-state index >= 15 is 0 Å². The number of nitrogens with one attached hydrogen (secondary N) is 1. The lowest BCUT2D eigenvalue weighted by Crippen LogP contribution is -2.17. The SMILES string of the molecule is O=C(CS)Nc1ccc(OC(F)(F)F)c(Br)c1. The molecule has 0 heterocycles. The number of rotatable bonds is 3. The zero-order chi connectivity index (χ0) is 13.1. The minimum Gasteiger partial charge on any atom is -0.405 e. The number of hydrogen-bond acceptors (Lipinski definition) is 3. The molecular formula is C9H7BrF3NO2S. The van der Waals surface area contributed by atoms with Crippen LogP contribution in [-0.4, -0.2) is 18.0 Å². The Morgan fingerprint density at radius 2 is 2.12 bits per heavy atom. The fraction of sp³-hybridized carbons (Fsp3) is 0.222. The van der Waals surface area contributed by atoms with Crippen LogP contribution in [0.15, 0.2) is 22.7 Å². The molecule has 1 aromatic carbocycles. The van der Waals surface area contributed by atoms with Crippen molar-refractivity contribution in [3.8, 4) is 5.75 Å². The zero-order valence-electron chi connectivity index (χ0n) is 8.21. The summed E-state index contributed by atoms with van der Waals surface area (Å²) in [5.41, 5.74) is 0.352. The van der Waals surface area contributed by atoms with E-state index in [4.69, 9.17) is 0 Å². The van der Waals surface area contributed by atoms with E-state index in [-0.39, 0.29) is 21.9 Å². The fourth-order valence-corrected chi connectivity index (χ4v) is 1.53. The lowest BCUT2D eigenvalue weighted by atomic mass is 10.3. The summed E-state index contributed by atoms with van der Waals surface area (Å²) in [7, 11) is 0. The summed E-state index contributed by atoms with van der Waals surface area (Å²) in [6.45, 7) is 0. The lowest BCUT2D eigenvalue weighted by molar-refractivity contribution is -0.274. The zero-order valence-corrected chi connectivity index (χ0v) is 10.7. The molecule has 0 fully saturated rings. The average Bonchev–Trinajstić information content (AvgIpc) is 2.20. The molecule has 0 saturated heterocycles. The Kier molecular flexibility index (Phi) is 4.70. The highest BCUT2D eigenvalue weighted by Gasteiger charge is 2.31. The number of ether oxygens (including phenoxy) is 1. The van der Waals surface area contributed by atoms with Crippen molar-refractivity contribution < 1.29 is 22.7 Å². The van der Waals surface area contributed by atoms with E-state index in [2.05, 4.69) is 38.6 Å². The van der Waals surface area contributed by atoms with Crippen LogP contribution in [0.4, 0.5) is 18.9 Å². The first kappa shape index (κ1) is 14.2. The van der Waals surface area contributed by atoms with Crippen LogP contribution in [0.1, 0.15) is 0 Å². The molecule has 0 aliphatic carbocycles. The van der Waals surface area contributed by atoms with Gasteiger partial charge in [0.25, 0.3) is 0 Å². The Hall–Kier alpha value is -0.890. The van der Waals surface area contributed by atoms with Gasteiger partial charge in [-0.15, -0.1) is 13.2 Å². The minimum atomic E-state index is -4.75. The molecule has 0 aromatic heterocycles. The van der Waals surface area contributed by atoms with Crippen molar-refractivity contribution in [1.82, 2.24) is 0 Å². The second-order valence-electron chi connectivity index (χ2n) is 2.90. The third-order valence-electron chi connectivity index (χ3n) is 1.58. The third kappa shape index (κ3) is 4.86. The van der Waals surface area contributed by atoms with Crippen LogP contribution in [-0.2, 0) is 4.79 Å². The summed E-state index contributed by atoms with van der Waals surface area (Å²) in [4.78, 5) is 11.0. The quantitative estimate of drug-likeness (QED) is 0.836.